The molecule has 0 aliphatic carbocycles. The first-order valence-electron chi connectivity index (χ1n) is 7.22. The molecule has 3 nitrogen and oxygen atoms in total. The number of benzene rings is 1. The summed E-state index contributed by atoms with van der Waals surface area (Å²) >= 11 is 0. The van der Waals surface area contributed by atoms with Gasteiger partial charge < -0.3 is 14.8 Å². The van der Waals surface area contributed by atoms with Crippen molar-refractivity contribution in [1.29, 1.82) is 0 Å². The molecule has 1 atom stereocenters. The number of nitrogens with one attached hydrogen (secondary N) is 1. The van der Waals surface area contributed by atoms with Gasteiger partial charge in [-0.1, -0.05) is 18.2 Å². The number of aliphatic hydroxyl groups excluding tert-OH is 1. The molecule has 1 aromatic heterocycles. The van der Waals surface area contributed by atoms with Crippen LogP contribution in [0.15, 0.2) is 28.7 Å². The summed E-state index contributed by atoms with van der Waals surface area (Å²) in [6.45, 7) is 1.35. The molecule has 0 radical (unpaired) electrons. The van der Waals surface area contributed by atoms with Crippen LogP contribution in [0.5, 0.6) is 0 Å². The Morgan fingerprint density at radius 3 is 3.00 bits per heavy atom. The number of rotatable bonds is 5. The van der Waals surface area contributed by atoms with Gasteiger partial charge in [0.05, 0.1) is 0 Å². The molecule has 2 aromatic rings. The zero-order valence-corrected chi connectivity index (χ0v) is 11.2. The normalized spacial score (nSPS) is 19.3. The minimum Gasteiger partial charge on any atom is -0.461 e. The Kier molecular flexibility index (Phi) is 3.85. The van der Waals surface area contributed by atoms with Crippen LogP contribution in [-0.2, 0) is 12.8 Å². The first-order valence-corrected chi connectivity index (χ1v) is 7.22. The molecule has 1 fully saturated rings. The smallest absolute Gasteiger partial charge is 0.134 e. The second kappa shape index (κ2) is 5.76. The van der Waals surface area contributed by atoms with E-state index in [2.05, 4.69) is 17.4 Å². The summed E-state index contributed by atoms with van der Waals surface area (Å²) in [6.07, 6.45) is 5.15. The molecule has 0 saturated carbocycles. The molecule has 0 unspecified atom stereocenters. The van der Waals surface area contributed by atoms with Crippen molar-refractivity contribution in [3.63, 3.8) is 0 Å². The topological polar surface area (TPSA) is 45.4 Å². The molecule has 1 aliphatic heterocycles. The van der Waals surface area contributed by atoms with Crippen LogP contribution < -0.4 is 5.32 Å². The van der Waals surface area contributed by atoms with Gasteiger partial charge in [0.1, 0.15) is 11.3 Å². The van der Waals surface area contributed by atoms with Crippen molar-refractivity contribution in [3.8, 4) is 0 Å². The third-order valence-electron chi connectivity index (χ3n) is 3.96. The summed E-state index contributed by atoms with van der Waals surface area (Å²) in [5.74, 6) is 1.06. The average molecular weight is 259 g/mol. The molecule has 3 heteroatoms. The Morgan fingerprint density at radius 1 is 1.32 bits per heavy atom. The first-order chi connectivity index (χ1) is 9.38. The highest BCUT2D eigenvalue weighted by molar-refractivity contribution is 5.82. The second-order valence-electron chi connectivity index (χ2n) is 5.32. The zero-order valence-electron chi connectivity index (χ0n) is 11.2. The molecular weight excluding hydrogens is 238 g/mol. The molecule has 3 rings (SSSR count). The van der Waals surface area contributed by atoms with Gasteiger partial charge in [0.25, 0.3) is 0 Å². The quantitative estimate of drug-likeness (QED) is 0.867. The first kappa shape index (κ1) is 12.7. The van der Waals surface area contributed by atoms with E-state index in [-0.39, 0.29) is 6.61 Å². The summed E-state index contributed by atoms with van der Waals surface area (Å²) in [6, 6.07) is 8.84. The Labute approximate surface area is 113 Å². The highest BCUT2D eigenvalue weighted by Crippen LogP contribution is 2.29. The highest BCUT2D eigenvalue weighted by Gasteiger charge is 2.20. The number of hydrogen-bond donors (Lipinski definition) is 2. The summed E-state index contributed by atoms with van der Waals surface area (Å²) < 4.78 is 5.97. The van der Waals surface area contributed by atoms with Crippen molar-refractivity contribution in [2.24, 2.45) is 0 Å². The van der Waals surface area contributed by atoms with Gasteiger partial charge in [-0.05, 0) is 38.3 Å². The van der Waals surface area contributed by atoms with E-state index in [1.54, 1.807) is 0 Å². The summed E-state index contributed by atoms with van der Waals surface area (Å²) in [4.78, 5) is 0. The lowest BCUT2D eigenvalue weighted by Crippen LogP contribution is -2.23. The zero-order chi connectivity index (χ0) is 13.1. The van der Waals surface area contributed by atoms with Gasteiger partial charge in [-0.3, -0.25) is 0 Å². The number of fused-ring (bicyclic) bond motifs is 1. The summed E-state index contributed by atoms with van der Waals surface area (Å²) in [5.41, 5.74) is 2.31. The monoisotopic (exact) mass is 259 g/mol. The van der Waals surface area contributed by atoms with Gasteiger partial charge in [-0.2, -0.15) is 0 Å². The minimum atomic E-state index is 0.220. The van der Waals surface area contributed by atoms with Crippen LogP contribution in [0.3, 0.4) is 0 Å². The van der Waals surface area contributed by atoms with Crippen molar-refractivity contribution in [2.75, 3.05) is 13.2 Å². The van der Waals surface area contributed by atoms with Crippen molar-refractivity contribution in [3.05, 3.63) is 35.6 Å². The predicted molar refractivity (Wildman–Crippen MR) is 76.3 cm³/mol. The molecule has 2 N–H and O–H groups in total. The van der Waals surface area contributed by atoms with Gasteiger partial charge in [0.15, 0.2) is 0 Å². The van der Waals surface area contributed by atoms with Gasteiger partial charge in [0.2, 0.25) is 0 Å². The van der Waals surface area contributed by atoms with E-state index in [1.807, 2.05) is 12.1 Å². The third kappa shape index (κ3) is 2.67. The molecule has 1 saturated heterocycles. The second-order valence-corrected chi connectivity index (χ2v) is 5.32. The van der Waals surface area contributed by atoms with E-state index in [9.17, 15) is 0 Å². The molecule has 102 valence electrons. The molecule has 0 spiro atoms. The lowest BCUT2D eigenvalue weighted by atomic mass is 10.00. The molecule has 0 bridgehead atoms. The number of aryl methyl sites for hydroxylation is 1. The van der Waals surface area contributed by atoms with Crippen LogP contribution in [0.25, 0.3) is 11.0 Å². The van der Waals surface area contributed by atoms with E-state index in [0.717, 1.165) is 37.2 Å². The van der Waals surface area contributed by atoms with Crippen molar-refractivity contribution < 1.29 is 9.52 Å². The number of aliphatic hydroxyl groups is 1. The number of para-hydroxylation sites is 1. The molecule has 0 amide bonds. The summed E-state index contributed by atoms with van der Waals surface area (Å²) in [7, 11) is 0. The van der Waals surface area contributed by atoms with Crippen molar-refractivity contribution in [2.45, 2.75) is 38.1 Å². The molecule has 19 heavy (non-hydrogen) atoms. The van der Waals surface area contributed by atoms with Crippen molar-refractivity contribution in [1.82, 2.24) is 5.32 Å². The highest BCUT2D eigenvalue weighted by atomic mass is 16.3. The summed E-state index contributed by atoms with van der Waals surface area (Å²) in [5, 5.41) is 13.8. The Bertz CT molecular complexity index is 541. The lowest BCUT2D eigenvalue weighted by Gasteiger charge is -2.10. The van der Waals surface area contributed by atoms with Gasteiger partial charge >= 0.3 is 0 Å². The van der Waals surface area contributed by atoms with Crippen molar-refractivity contribution >= 4 is 11.0 Å². The standard InChI is InChI=1S/C16H21NO2/c18-10-4-8-16-14(11-12-5-3-9-17-12)13-6-1-2-7-15(13)19-16/h1-2,6-7,12,17-18H,3-5,8-11H2/t12-/m0/s1. The van der Waals surface area contributed by atoms with E-state index in [1.165, 1.54) is 23.8 Å². The van der Waals surface area contributed by atoms with Crippen LogP contribution in [-0.4, -0.2) is 24.3 Å². The Hall–Kier alpha value is -1.32. The maximum atomic E-state index is 9.02. The largest absolute Gasteiger partial charge is 0.461 e. The fraction of sp³-hybridized carbons (Fsp3) is 0.500. The molecule has 2 heterocycles. The van der Waals surface area contributed by atoms with Gasteiger partial charge in [-0.25, -0.2) is 0 Å². The number of furan rings is 1. The van der Waals surface area contributed by atoms with Crippen LogP contribution in [0.2, 0.25) is 0 Å². The van der Waals surface area contributed by atoms with Gasteiger partial charge in [0, 0.05) is 30.0 Å². The van der Waals surface area contributed by atoms with Gasteiger partial charge in [-0.15, -0.1) is 0 Å². The fourth-order valence-electron chi connectivity index (χ4n) is 2.99. The van der Waals surface area contributed by atoms with E-state index in [4.69, 9.17) is 9.52 Å². The Balaban J connectivity index is 1.92. The average Bonchev–Trinajstić information content (AvgIpc) is 3.06. The van der Waals surface area contributed by atoms with E-state index < -0.39 is 0 Å². The lowest BCUT2D eigenvalue weighted by molar-refractivity contribution is 0.284. The maximum Gasteiger partial charge on any atom is 0.134 e. The molecule has 1 aliphatic rings. The van der Waals surface area contributed by atoms with Crippen LogP contribution in [0.4, 0.5) is 0 Å². The Morgan fingerprint density at radius 2 is 2.21 bits per heavy atom. The number of hydrogen-bond acceptors (Lipinski definition) is 3. The fourth-order valence-corrected chi connectivity index (χ4v) is 2.99. The van der Waals surface area contributed by atoms with Crippen LogP contribution >= 0.6 is 0 Å². The maximum absolute atomic E-state index is 9.02. The third-order valence-corrected chi connectivity index (χ3v) is 3.96. The minimum absolute atomic E-state index is 0.220. The van der Waals surface area contributed by atoms with Crippen LogP contribution in [0, 0.1) is 0 Å². The predicted octanol–water partition coefficient (Wildman–Crippen LogP) is 2.65. The van der Waals surface area contributed by atoms with E-state index in [0.29, 0.717) is 6.04 Å². The molecule has 1 aromatic carbocycles. The van der Waals surface area contributed by atoms with E-state index >= 15 is 0 Å². The SMILES string of the molecule is OCCCc1oc2ccccc2c1C[C@@H]1CCCN1. The molecular formula is C16H21NO2. The van der Waals surface area contributed by atoms with Crippen LogP contribution in [0.1, 0.15) is 30.6 Å².